The molecule has 0 bridgehead atoms. The number of piperidine rings is 1. The van der Waals surface area contributed by atoms with E-state index in [0.717, 1.165) is 61.7 Å². The molecule has 1 saturated heterocycles. The van der Waals surface area contributed by atoms with Gasteiger partial charge in [0.15, 0.2) is 0 Å². The van der Waals surface area contributed by atoms with Gasteiger partial charge in [0.1, 0.15) is 12.1 Å². The van der Waals surface area contributed by atoms with Crippen LogP contribution in [0.3, 0.4) is 0 Å². The summed E-state index contributed by atoms with van der Waals surface area (Å²) in [5.74, 6) is 3.66. The van der Waals surface area contributed by atoms with Crippen molar-refractivity contribution in [1.29, 1.82) is 0 Å². The van der Waals surface area contributed by atoms with Gasteiger partial charge in [0.2, 0.25) is 5.91 Å². The average Bonchev–Trinajstić information content (AvgIpc) is 3.28. The standard InChI is InChI=1S/C21H29N5O2/c1-2-3-21(27)25-11-8-16(9-12-25)20-14-17(20)10-13-28-19-6-4-18(5-7-19)26-15-22-23-24-26/h4-7,15-17,20H,2-3,8-14H2,1H3/t17-,20-/m1/s1. The smallest absolute Gasteiger partial charge is 0.222 e. The van der Waals surface area contributed by atoms with Crippen LogP contribution in [0.1, 0.15) is 45.4 Å². The van der Waals surface area contributed by atoms with Crippen LogP contribution in [-0.4, -0.2) is 50.7 Å². The predicted octanol–water partition coefficient (Wildman–Crippen LogP) is 3.11. The summed E-state index contributed by atoms with van der Waals surface area (Å²) in [7, 11) is 0. The van der Waals surface area contributed by atoms with E-state index >= 15 is 0 Å². The summed E-state index contributed by atoms with van der Waals surface area (Å²) < 4.78 is 7.55. The van der Waals surface area contributed by atoms with Gasteiger partial charge in [-0.25, -0.2) is 4.68 Å². The van der Waals surface area contributed by atoms with Crippen molar-refractivity contribution in [3.05, 3.63) is 30.6 Å². The van der Waals surface area contributed by atoms with E-state index in [9.17, 15) is 4.79 Å². The number of likely N-dealkylation sites (tertiary alicyclic amines) is 1. The lowest BCUT2D eigenvalue weighted by molar-refractivity contribution is -0.132. The zero-order valence-corrected chi connectivity index (χ0v) is 16.5. The van der Waals surface area contributed by atoms with E-state index in [2.05, 4.69) is 27.3 Å². The minimum absolute atomic E-state index is 0.341. The van der Waals surface area contributed by atoms with E-state index in [1.807, 2.05) is 24.3 Å². The minimum Gasteiger partial charge on any atom is -0.494 e. The van der Waals surface area contributed by atoms with Crippen LogP contribution in [0.4, 0.5) is 0 Å². The number of nitrogens with zero attached hydrogens (tertiary/aromatic N) is 5. The first kappa shape index (κ1) is 18.9. The maximum Gasteiger partial charge on any atom is 0.222 e. The highest BCUT2D eigenvalue weighted by Crippen LogP contribution is 2.49. The molecule has 28 heavy (non-hydrogen) atoms. The van der Waals surface area contributed by atoms with Crippen molar-refractivity contribution in [3.63, 3.8) is 0 Å². The third kappa shape index (κ3) is 4.51. The summed E-state index contributed by atoms with van der Waals surface area (Å²) in [5, 5.41) is 11.2. The fraction of sp³-hybridized carbons (Fsp3) is 0.619. The Balaban J connectivity index is 1.15. The highest BCUT2D eigenvalue weighted by atomic mass is 16.5. The second kappa shape index (κ2) is 8.71. The number of carbonyl (C=O) groups excluding carboxylic acids is 1. The van der Waals surface area contributed by atoms with E-state index < -0.39 is 0 Å². The zero-order chi connectivity index (χ0) is 19.3. The Morgan fingerprint density at radius 2 is 2.00 bits per heavy atom. The Morgan fingerprint density at radius 3 is 2.68 bits per heavy atom. The van der Waals surface area contributed by atoms with Crippen LogP contribution < -0.4 is 4.74 Å². The number of amides is 1. The van der Waals surface area contributed by atoms with Gasteiger partial charge >= 0.3 is 0 Å². The SMILES string of the molecule is CCCC(=O)N1CCC([C@H]2C[C@H]2CCOc2ccc(-n3cnnn3)cc2)CC1. The molecule has 2 heterocycles. The maximum absolute atomic E-state index is 12.0. The maximum atomic E-state index is 12.0. The molecule has 1 aromatic heterocycles. The Labute approximate surface area is 166 Å². The van der Waals surface area contributed by atoms with Crippen LogP contribution in [0.5, 0.6) is 5.75 Å². The lowest BCUT2D eigenvalue weighted by atomic mass is 9.90. The molecule has 2 atom stereocenters. The predicted molar refractivity (Wildman–Crippen MR) is 105 cm³/mol. The topological polar surface area (TPSA) is 73.1 Å². The second-order valence-corrected chi connectivity index (χ2v) is 8.01. The number of carbonyl (C=O) groups is 1. The van der Waals surface area contributed by atoms with Crippen LogP contribution in [0.15, 0.2) is 30.6 Å². The number of hydrogen-bond acceptors (Lipinski definition) is 5. The molecule has 2 aromatic rings. The van der Waals surface area contributed by atoms with Crippen molar-refractivity contribution in [3.8, 4) is 11.4 Å². The van der Waals surface area contributed by atoms with Crippen LogP contribution in [0, 0.1) is 17.8 Å². The average molecular weight is 383 g/mol. The van der Waals surface area contributed by atoms with Crippen molar-refractivity contribution in [2.75, 3.05) is 19.7 Å². The molecular formula is C21H29N5O2. The number of hydrogen-bond donors (Lipinski definition) is 0. The lowest BCUT2D eigenvalue weighted by Crippen LogP contribution is -2.38. The van der Waals surface area contributed by atoms with Crippen LogP contribution >= 0.6 is 0 Å². The number of benzene rings is 1. The molecule has 0 spiro atoms. The zero-order valence-electron chi connectivity index (χ0n) is 16.5. The van der Waals surface area contributed by atoms with Crippen LogP contribution in [-0.2, 0) is 4.79 Å². The van der Waals surface area contributed by atoms with Crippen molar-refractivity contribution in [2.45, 2.75) is 45.4 Å². The molecule has 0 unspecified atom stereocenters. The molecule has 2 aliphatic rings. The van der Waals surface area contributed by atoms with Crippen LogP contribution in [0.2, 0.25) is 0 Å². The van der Waals surface area contributed by atoms with Crippen molar-refractivity contribution in [1.82, 2.24) is 25.1 Å². The third-order valence-electron chi connectivity index (χ3n) is 6.15. The molecule has 1 amide bonds. The number of rotatable bonds is 8. The van der Waals surface area contributed by atoms with Crippen molar-refractivity contribution < 1.29 is 9.53 Å². The van der Waals surface area contributed by atoms with Gasteiger partial charge < -0.3 is 9.64 Å². The molecule has 7 nitrogen and oxygen atoms in total. The first-order valence-electron chi connectivity index (χ1n) is 10.5. The van der Waals surface area contributed by atoms with E-state index in [-0.39, 0.29) is 0 Å². The van der Waals surface area contributed by atoms with E-state index in [4.69, 9.17) is 4.74 Å². The van der Waals surface area contributed by atoms with Gasteiger partial charge in [-0.05, 0) is 84.6 Å². The molecule has 1 saturated carbocycles. The Hall–Kier alpha value is -2.44. The molecule has 4 rings (SSSR count). The third-order valence-corrected chi connectivity index (χ3v) is 6.15. The lowest BCUT2D eigenvalue weighted by Gasteiger charge is -2.32. The molecule has 1 aliphatic heterocycles. The first-order valence-corrected chi connectivity index (χ1v) is 10.5. The van der Waals surface area contributed by atoms with Crippen LogP contribution in [0.25, 0.3) is 5.69 Å². The van der Waals surface area contributed by atoms with E-state index in [1.54, 1.807) is 11.0 Å². The summed E-state index contributed by atoms with van der Waals surface area (Å²) in [6, 6.07) is 7.84. The molecule has 150 valence electrons. The summed E-state index contributed by atoms with van der Waals surface area (Å²) in [5.41, 5.74) is 0.920. The number of ether oxygens (including phenoxy) is 1. The molecule has 1 aromatic carbocycles. The molecule has 2 fully saturated rings. The van der Waals surface area contributed by atoms with Crippen molar-refractivity contribution >= 4 is 5.91 Å². The Kier molecular flexibility index (Phi) is 5.88. The highest BCUT2D eigenvalue weighted by Gasteiger charge is 2.43. The minimum atomic E-state index is 0.341. The fourth-order valence-electron chi connectivity index (χ4n) is 4.43. The fourth-order valence-corrected chi connectivity index (χ4v) is 4.43. The molecule has 1 aliphatic carbocycles. The Morgan fingerprint density at radius 1 is 1.21 bits per heavy atom. The van der Waals surface area contributed by atoms with Gasteiger partial charge in [-0.15, -0.1) is 5.10 Å². The summed E-state index contributed by atoms with van der Waals surface area (Å²) in [6.45, 7) is 4.75. The molecule has 0 radical (unpaired) electrons. The summed E-state index contributed by atoms with van der Waals surface area (Å²) in [6.07, 6.45) is 8.03. The van der Waals surface area contributed by atoms with Gasteiger partial charge in [-0.1, -0.05) is 6.92 Å². The largest absolute Gasteiger partial charge is 0.494 e. The normalized spacial score (nSPS) is 22.2. The van der Waals surface area contributed by atoms with Gasteiger partial charge in [-0.3, -0.25) is 4.79 Å². The summed E-state index contributed by atoms with van der Waals surface area (Å²) in [4.78, 5) is 14.1. The number of tetrazole rings is 1. The Bertz CT molecular complexity index is 754. The second-order valence-electron chi connectivity index (χ2n) is 8.01. The first-order chi connectivity index (χ1) is 13.7. The van der Waals surface area contributed by atoms with Gasteiger partial charge in [0.05, 0.1) is 12.3 Å². The molecule has 7 heteroatoms. The van der Waals surface area contributed by atoms with E-state index in [0.29, 0.717) is 12.3 Å². The molecule has 0 N–H and O–H groups in total. The monoisotopic (exact) mass is 383 g/mol. The van der Waals surface area contributed by atoms with Gasteiger partial charge in [-0.2, -0.15) is 0 Å². The quantitative estimate of drug-likeness (QED) is 0.700. The molecular weight excluding hydrogens is 354 g/mol. The van der Waals surface area contributed by atoms with E-state index in [1.165, 1.54) is 19.3 Å². The highest BCUT2D eigenvalue weighted by molar-refractivity contribution is 5.76. The summed E-state index contributed by atoms with van der Waals surface area (Å²) >= 11 is 0. The van der Waals surface area contributed by atoms with Gasteiger partial charge in [0.25, 0.3) is 0 Å². The number of aromatic nitrogens is 4. The van der Waals surface area contributed by atoms with Crippen molar-refractivity contribution in [2.24, 2.45) is 17.8 Å². The van der Waals surface area contributed by atoms with Gasteiger partial charge in [0, 0.05) is 19.5 Å².